The summed E-state index contributed by atoms with van der Waals surface area (Å²) >= 11 is 0. The number of hydrogen-bond donors (Lipinski definition) is 2. The second-order valence-corrected chi connectivity index (χ2v) is 5.33. The van der Waals surface area contributed by atoms with Crippen molar-refractivity contribution in [3.05, 3.63) is 42.7 Å². The molecule has 0 bridgehead atoms. The molecular formula is C16H24N4O. The molecule has 0 unspecified atom stereocenters. The van der Waals surface area contributed by atoms with Crippen LogP contribution in [0.4, 0.5) is 4.79 Å². The highest BCUT2D eigenvalue weighted by atomic mass is 16.2. The van der Waals surface area contributed by atoms with Crippen LogP contribution < -0.4 is 10.6 Å². The van der Waals surface area contributed by atoms with E-state index in [1.54, 1.807) is 6.20 Å². The molecule has 1 aliphatic rings. The van der Waals surface area contributed by atoms with Crippen LogP contribution in [0.5, 0.6) is 0 Å². The molecule has 1 aromatic heterocycles. The van der Waals surface area contributed by atoms with Crippen LogP contribution in [0.15, 0.2) is 37.1 Å². The number of nitrogens with one attached hydrogen (secondary N) is 2. The molecule has 0 aromatic carbocycles. The van der Waals surface area contributed by atoms with E-state index in [0.29, 0.717) is 6.54 Å². The standard InChI is InChI=1S/C16H24N4O/c1-2-11-20-12-7-15(8-13-20)19-16(21)18-10-6-14-5-3-4-9-17-14/h2-5,9,15H,1,6-8,10-13H2,(H2,18,19,21). The third-order valence-corrected chi connectivity index (χ3v) is 3.70. The smallest absolute Gasteiger partial charge is 0.315 e. The van der Waals surface area contributed by atoms with Crippen molar-refractivity contribution in [1.82, 2.24) is 20.5 Å². The molecule has 0 saturated carbocycles. The normalized spacial score (nSPS) is 16.4. The highest BCUT2D eigenvalue weighted by molar-refractivity contribution is 5.74. The van der Waals surface area contributed by atoms with Crippen molar-refractivity contribution in [2.45, 2.75) is 25.3 Å². The van der Waals surface area contributed by atoms with Crippen molar-refractivity contribution in [1.29, 1.82) is 0 Å². The monoisotopic (exact) mass is 288 g/mol. The van der Waals surface area contributed by atoms with Crippen molar-refractivity contribution in [2.24, 2.45) is 0 Å². The molecule has 2 heterocycles. The summed E-state index contributed by atoms with van der Waals surface area (Å²) in [6.45, 7) is 7.33. The Morgan fingerprint density at radius 1 is 1.43 bits per heavy atom. The minimum absolute atomic E-state index is 0.0758. The van der Waals surface area contributed by atoms with Gasteiger partial charge in [-0.1, -0.05) is 12.1 Å². The first-order valence-electron chi connectivity index (χ1n) is 7.55. The van der Waals surface area contributed by atoms with Crippen LogP contribution in [0, 0.1) is 0 Å². The van der Waals surface area contributed by atoms with Gasteiger partial charge >= 0.3 is 6.03 Å². The average Bonchev–Trinajstić information content (AvgIpc) is 2.51. The van der Waals surface area contributed by atoms with Gasteiger partial charge in [0.15, 0.2) is 0 Å². The van der Waals surface area contributed by atoms with Crippen LogP contribution in [0.25, 0.3) is 0 Å². The maximum Gasteiger partial charge on any atom is 0.315 e. The summed E-state index contributed by atoms with van der Waals surface area (Å²) in [6.07, 6.45) is 6.46. The van der Waals surface area contributed by atoms with Crippen LogP contribution in [-0.2, 0) is 6.42 Å². The molecule has 21 heavy (non-hydrogen) atoms. The fourth-order valence-corrected chi connectivity index (χ4v) is 2.53. The molecule has 2 N–H and O–H groups in total. The van der Waals surface area contributed by atoms with Crippen LogP contribution in [-0.4, -0.2) is 48.1 Å². The molecule has 1 saturated heterocycles. The van der Waals surface area contributed by atoms with Crippen LogP contribution in [0.3, 0.4) is 0 Å². The Morgan fingerprint density at radius 3 is 2.90 bits per heavy atom. The van der Waals surface area contributed by atoms with Gasteiger partial charge in [0.25, 0.3) is 0 Å². The lowest BCUT2D eigenvalue weighted by Gasteiger charge is -2.31. The molecule has 0 atom stereocenters. The third kappa shape index (κ3) is 5.55. The van der Waals surface area contributed by atoms with E-state index in [2.05, 4.69) is 27.1 Å². The van der Waals surface area contributed by atoms with Gasteiger partial charge in [-0.2, -0.15) is 0 Å². The summed E-state index contributed by atoms with van der Waals surface area (Å²) < 4.78 is 0. The van der Waals surface area contributed by atoms with E-state index < -0.39 is 0 Å². The summed E-state index contributed by atoms with van der Waals surface area (Å²) in [5.41, 5.74) is 0.996. The number of piperidine rings is 1. The van der Waals surface area contributed by atoms with Gasteiger partial charge in [0.1, 0.15) is 0 Å². The molecule has 1 fully saturated rings. The highest BCUT2D eigenvalue weighted by Crippen LogP contribution is 2.09. The second kappa shape index (κ2) is 8.42. The fraction of sp³-hybridized carbons (Fsp3) is 0.500. The summed E-state index contributed by atoms with van der Waals surface area (Å²) in [5.74, 6) is 0. The van der Waals surface area contributed by atoms with E-state index in [0.717, 1.165) is 44.6 Å². The quantitative estimate of drug-likeness (QED) is 0.781. The van der Waals surface area contributed by atoms with Gasteiger partial charge in [-0.3, -0.25) is 9.88 Å². The van der Waals surface area contributed by atoms with E-state index in [9.17, 15) is 4.79 Å². The zero-order chi connectivity index (χ0) is 14.9. The predicted molar refractivity (Wildman–Crippen MR) is 84.1 cm³/mol. The lowest BCUT2D eigenvalue weighted by Crippen LogP contribution is -2.48. The zero-order valence-corrected chi connectivity index (χ0v) is 12.4. The Balaban J connectivity index is 1.61. The first kappa shape index (κ1) is 15.5. The topological polar surface area (TPSA) is 57.3 Å². The molecule has 5 nitrogen and oxygen atoms in total. The summed E-state index contributed by atoms with van der Waals surface area (Å²) in [5, 5.41) is 5.94. The molecule has 0 spiro atoms. The van der Waals surface area contributed by atoms with Crippen LogP contribution in [0.1, 0.15) is 18.5 Å². The van der Waals surface area contributed by atoms with Crippen molar-refractivity contribution in [3.8, 4) is 0 Å². The van der Waals surface area contributed by atoms with Crippen LogP contribution >= 0.6 is 0 Å². The molecule has 5 heteroatoms. The molecular weight excluding hydrogens is 264 g/mol. The first-order valence-corrected chi connectivity index (χ1v) is 7.55. The maximum atomic E-state index is 11.8. The molecule has 0 aliphatic carbocycles. The molecule has 114 valence electrons. The largest absolute Gasteiger partial charge is 0.338 e. The Morgan fingerprint density at radius 2 is 2.24 bits per heavy atom. The average molecular weight is 288 g/mol. The Hall–Kier alpha value is -1.88. The van der Waals surface area contributed by atoms with Gasteiger partial charge in [-0.05, 0) is 25.0 Å². The van der Waals surface area contributed by atoms with E-state index >= 15 is 0 Å². The first-order chi connectivity index (χ1) is 10.3. The Kier molecular flexibility index (Phi) is 6.22. The minimum atomic E-state index is -0.0758. The van der Waals surface area contributed by atoms with Gasteiger partial charge in [0.2, 0.25) is 0 Å². The predicted octanol–water partition coefficient (Wildman–Crippen LogP) is 1.57. The number of carbonyl (C=O) groups excluding carboxylic acids is 1. The summed E-state index contributed by atoms with van der Waals surface area (Å²) in [4.78, 5) is 18.4. The Labute approximate surface area is 126 Å². The number of rotatable bonds is 6. The highest BCUT2D eigenvalue weighted by Gasteiger charge is 2.19. The van der Waals surface area contributed by atoms with Gasteiger partial charge in [0, 0.05) is 50.5 Å². The number of aromatic nitrogens is 1. The number of carbonyl (C=O) groups is 1. The number of hydrogen-bond acceptors (Lipinski definition) is 3. The maximum absolute atomic E-state index is 11.8. The van der Waals surface area contributed by atoms with Crippen molar-refractivity contribution in [3.63, 3.8) is 0 Å². The third-order valence-electron chi connectivity index (χ3n) is 3.70. The Bertz CT molecular complexity index is 441. The molecule has 2 amide bonds. The van der Waals surface area contributed by atoms with Gasteiger partial charge in [-0.25, -0.2) is 4.79 Å². The number of pyridine rings is 1. The van der Waals surface area contributed by atoms with E-state index in [1.807, 2.05) is 24.3 Å². The number of amides is 2. The summed E-state index contributed by atoms with van der Waals surface area (Å²) in [6, 6.07) is 6.02. The lowest BCUT2D eigenvalue weighted by atomic mass is 10.1. The van der Waals surface area contributed by atoms with E-state index in [-0.39, 0.29) is 12.1 Å². The zero-order valence-electron chi connectivity index (χ0n) is 12.4. The van der Waals surface area contributed by atoms with E-state index in [4.69, 9.17) is 0 Å². The molecule has 1 aromatic rings. The van der Waals surface area contributed by atoms with Gasteiger partial charge in [-0.15, -0.1) is 6.58 Å². The number of nitrogens with zero attached hydrogens (tertiary/aromatic N) is 2. The van der Waals surface area contributed by atoms with Crippen LogP contribution in [0.2, 0.25) is 0 Å². The molecule has 0 radical (unpaired) electrons. The minimum Gasteiger partial charge on any atom is -0.338 e. The van der Waals surface area contributed by atoms with E-state index in [1.165, 1.54) is 0 Å². The number of urea groups is 1. The molecule has 2 rings (SSSR count). The lowest BCUT2D eigenvalue weighted by molar-refractivity contribution is 0.204. The fourth-order valence-electron chi connectivity index (χ4n) is 2.53. The summed E-state index contributed by atoms with van der Waals surface area (Å²) in [7, 11) is 0. The van der Waals surface area contributed by atoms with Crippen molar-refractivity contribution >= 4 is 6.03 Å². The SMILES string of the molecule is C=CCN1CCC(NC(=O)NCCc2ccccn2)CC1. The van der Waals surface area contributed by atoms with Gasteiger partial charge < -0.3 is 10.6 Å². The second-order valence-electron chi connectivity index (χ2n) is 5.33. The van der Waals surface area contributed by atoms with Gasteiger partial charge in [0.05, 0.1) is 0 Å². The molecule has 1 aliphatic heterocycles. The number of likely N-dealkylation sites (tertiary alicyclic amines) is 1. The van der Waals surface area contributed by atoms with Crippen molar-refractivity contribution < 1.29 is 4.79 Å². The van der Waals surface area contributed by atoms with Crippen molar-refractivity contribution in [2.75, 3.05) is 26.2 Å².